The molecular weight excluding hydrogens is 132 g/mol. The fourth-order valence-electron chi connectivity index (χ4n) is 0.693. The predicted octanol–water partition coefficient (Wildman–Crippen LogP) is -1.06. The van der Waals surface area contributed by atoms with Crippen molar-refractivity contribution in [1.29, 1.82) is 0 Å². The molecule has 0 saturated carbocycles. The van der Waals surface area contributed by atoms with E-state index in [1.165, 1.54) is 6.33 Å². The molecule has 2 N–H and O–H groups in total. The van der Waals surface area contributed by atoms with Crippen LogP contribution in [0.4, 0.5) is 0 Å². The normalized spacial score (nSPS) is 10.4. The van der Waals surface area contributed by atoms with Crippen molar-refractivity contribution in [2.24, 2.45) is 0 Å². The molecule has 0 spiro atoms. The van der Waals surface area contributed by atoms with Crippen molar-refractivity contribution in [2.75, 3.05) is 5.84 Å². The van der Waals surface area contributed by atoms with Gasteiger partial charge in [0, 0.05) is 0 Å². The summed E-state index contributed by atoms with van der Waals surface area (Å²) in [6.07, 6.45) is 2.95. The summed E-state index contributed by atoms with van der Waals surface area (Å²) in [5.74, 6) is 5.22. The predicted molar refractivity (Wildman–Crippen MR) is 33.3 cm³/mol. The van der Waals surface area contributed by atoms with Gasteiger partial charge in [0.2, 0.25) is 5.65 Å². The summed E-state index contributed by atoms with van der Waals surface area (Å²) in [6.45, 7) is 0. The fourth-order valence-corrected chi connectivity index (χ4v) is 0.693. The molecule has 2 rings (SSSR count). The Kier molecular flexibility index (Phi) is 0.830. The van der Waals surface area contributed by atoms with Crippen molar-refractivity contribution in [3.8, 4) is 0 Å². The number of fused-ring (bicyclic) bond motifs is 1. The van der Waals surface area contributed by atoms with Crippen LogP contribution in [0, 0.1) is 0 Å². The minimum absolute atomic E-state index is 0.512. The Morgan fingerprint density at radius 3 is 3.10 bits per heavy atom. The highest BCUT2D eigenvalue weighted by atomic mass is 15.6. The largest absolute Gasteiger partial charge is 0.306 e. The molecule has 6 heteroatoms. The van der Waals surface area contributed by atoms with Crippen LogP contribution >= 0.6 is 0 Å². The van der Waals surface area contributed by atoms with Crippen LogP contribution < -0.4 is 5.84 Å². The number of hydrogen-bond donors (Lipinski definition) is 1. The van der Waals surface area contributed by atoms with Gasteiger partial charge in [0.15, 0.2) is 5.52 Å². The fraction of sp³-hybridized carbons (Fsp3) is 0. The number of hydrogen-bond acceptors (Lipinski definition) is 5. The van der Waals surface area contributed by atoms with Gasteiger partial charge in [-0.15, -0.1) is 10.2 Å². The lowest BCUT2D eigenvalue weighted by atomic mass is 10.6. The zero-order valence-corrected chi connectivity index (χ0v) is 4.97. The third kappa shape index (κ3) is 0.586. The van der Waals surface area contributed by atoms with Gasteiger partial charge < -0.3 is 5.84 Å². The minimum Gasteiger partial charge on any atom is -0.306 e. The van der Waals surface area contributed by atoms with E-state index in [-0.39, 0.29) is 0 Å². The molecule has 0 atom stereocenters. The number of aromatic nitrogens is 5. The summed E-state index contributed by atoms with van der Waals surface area (Å²) in [4.78, 5) is 8.53. The summed E-state index contributed by atoms with van der Waals surface area (Å²) in [7, 11) is 0. The van der Waals surface area contributed by atoms with Crippen LogP contribution in [-0.2, 0) is 0 Å². The maximum atomic E-state index is 5.22. The Hall–Kier alpha value is -1.72. The van der Waals surface area contributed by atoms with Crippen LogP contribution in [0.3, 0.4) is 0 Å². The van der Waals surface area contributed by atoms with Crippen molar-refractivity contribution >= 4 is 11.2 Å². The highest BCUT2D eigenvalue weighted by Crippen LogP contribution is 1.98. The van der Waals surface area contributed by atoms with Crippen LogP contribution in [0.1, 0.15) is 0 Å². The minimum atomic E-state index is 0.512. The molecule has 2 aromatic heterocycles. The zero-order valence-electron chi connectivity index (χ0n) is 4.97. The van der Waals surface area contributed by atoms with E-state index in [9.17, 15) is 0 Å². The molecule has 0 aliphatic heterocycles. The van der Waals surface area contributed by atoms with Crippen molar-refractivity contribution < 1.29 is 0 Å². The second-order valence-corrected chi connectivity index (χ2v) is 1.75. The number of rotatable bonds is 0. The van der Waals surface area contributed by atoms with Crippen LogP contribution in [0.25, 0.3) is 11.2 Å². The van der Waals surface area contributed by atoms with Crippen LogP contribution in [0.5, 0.6) is 0 Å². The first-order chi connectivity index (χ1) is 4.86. The lowest BCUT2D eigenvalue weighted by molar-refractivity contribution is 0.718. The van der Waals surface area contributed by atoms with E-state index in [2.05, 4.69) is 20.2 Å². The molecule has 2 aromatic rings. The van der Waals surface area contributed by atoms with Crippen molar-refractivity contribution in [3.05, 3.63) is 12.5 Å². The zero-order chi connectivity index (χ0) is 6.97. The third-order valence-corrected chi connectivity index (χ3v) is 1.08. The van der Waals surface area contributed by atoms with Gasteiger partial charge >= 0.3 is 0 Å². The SMILES string of the molecule is Nn1nc2cncnc2n1. The first kappa shape index (κ1) is 5.10. The van der Waals surface area contributed by atoms with Crippen molar-refractivity contribution in [1.82, 2.24) is 25.1 Å². The van der Waals surface area contributed by atoms with Gasteiger partial charge in [-0.3, -0.25) is 0 Å². The van der Waals surface area contributed by atoms with E-state index >= 15 is 0 Å². The Bertz CT molecular complexity index is 318. The Morgan fingerprint density at radius 2 is 2.30 bits per heavy atom. The molecule has 0 unspecified atom stereocenters. The van der Waals surface area contributed by atoms with E-state index in [0.29, 0.717) is 11.2 Å². The highest BCUT2D eigenvalue weighted by Gasteiger charge is 1.98. The van der Waals surface area contributed by atoms with E-state index in [1.54, 1.807) is 6.20 Å². The maximum absolute atomic E-state index is 5.22. The summed E-state index contributed by atoms with van der Waals surface area (Å²) in [5, 5.41) is 7.52. The molecule has 0 aliphatic rings. The van der Waals surface area contributed by atoms with E-state index in [0.717, 1.165) is 4.91 Å². The maximum Gasteiger partial charge on any atom is 0.207 e. The summed E-state index contributed by atoms with van der Waals surface area (Å²) < 4.78 is 0. The molecule has 0 amide bonds. The summed E-state index contributed by atoms with van der Waals surface area (Å²) in [5.41, 5.74) is 1.11. The molecule has 0 fully saturated rings. The van der Waals surface area contributed by atoms with Gasteiger partial charge in [-0.2, -0.15) is 0 Å². The van der Waals surface area contributed by atoms with Gasteiger partial charge in [-0.05, 0) is 0 Å². The van der Waals surface area contributed by atoms with Gasteiger partial charge in [-0.25, -0.2) is 9.97 Å². The van der Waals surface area contributed by atoms with E-state index in [1.807, 2.05) is 0 Å². The molecule has 0 aromatic carbocycles. The van der Waals surface area contributed by atoms with E-state index in [4.69, 9.17) is 5.84 Å². The lowest BCUT2D eigenvalue weighted by Crippen LogP contribution is -2.11. The molecule has 50 valence electrons. The van der Waals surface area contributed by atoms with Crippen molar-refractivity contribution in [2.45, 2.75) is 0 Å². The Balaban J connectivity index is 2.88. The standard InChI is InChI=1S/C4H4N6/c5-10-8-3-1-6-2-7-4(3)9-10/h1-2H,5H2. The quantitative estimate of drug-likeness (QED) is 0.466. The van der Waals surface area contributed by atoms with E-state index < -0.39 is 0 Å². The van der Waals surface area contributed by atoms with Gasteiger partial charge in [0.25, 0.3) is 0 Å². The number of nitrogen functional groups attached to an aromatic ring is 1. The first-order valence-electron chi connectivity index (χ1n) is 2.64. The third-order valence-electron chi connectivity index (χ3n) is 1.08. The second kappa shape index (κ2) is 1.63. The molecule has 10 heavy (non-hydrogen) atoms. The smallest absolute Gasteiger partial charge is 0.207 e. The molecular formula is C4H4N6. The molecule has 6 nitrogen and oxygen atoms in total. The number of nitrogens with two attached hydrogens (primary N) is 1. The van der Waals surface area contributed by atoms with Crippen LogP contribution in [0.2, 0.25) is 0 Å². The molecule has 2 heterocycles. The van der Waals surface area contributed by atoms with Crippen molar-refractivity contribution in [3.63, 3.8) is 0 Å². The molecule has 0 aliphatic carbocycles. The average molecular weight is 136 g/mol. The monoisotopic (exact) mass is 136 g/mol. The first-order valence-corrected chi connectivity index (χ1v) is 2.64. The summed E-state index contributed by atoms with van der Waals surface area (Å²) in [6, 6.07) is 0. The Labute approximate surface area is 55.7 Å². The summed E-state index contributed by atoms with van der Waals surface area (Å²) >= 11 is 0. The van der Waals surface area contributed by atoms with Crippen LogP contribution in [-0.4, -0.2) is 25.1 Å². The molecule has 0 saturated heterocycles. The topological polar surface area (TPSA) is 82.5 Å². The van der Waals surface area contributed by atoms with Gasteiger partial charge in [-0.1, -0.05) is 4.91 Å². The van der Waals surface area contributed by atoms with Crippen LogP contribution in [0.15, 0.2) is 12.5 Å². The molecule has 0 bridgehead atoms. The average Bonchev–Trinajstić information content (AvgIpc) is 2.27. The highest BCUT2D eigenvalue weighted by molar-refractivity contribution is 5.66. The second-order valence-electron chi connectivity index (χ2n) is 1.75. The molecule has 0 radical (unpaired) electrons. The number of nitrogens with zero attached hydrogens (tertiary/aromatic N) is 5. The lowest BCUT2D eigenvalue weighted by Gasteiger charge is -1.76. The Morgan fingerprint density at radius 1 is 1.40 bits per heavy atom. The van der Waals surface area contributed by atoms with Gasteiger partial charge in [0.1, 0.15) is 6.33 Å². The van der Waals surface area contributed by atoms with Gasteiger partial charge in [0.05, 0.1) is 6.20 Å².